The summed E-state index contributed by atoms with van der Waals surface area (Å²) in [6.07, 6.45) is 7.04. The van der Waals surface area contributed by atoms with E-state index in [4.69, 9.17) is 4.74 Å². The van der Waals surface area contributed by atoms with E-state index in [1.807, 2.05) is 25.3 Å². The molecule has 1 aliphatic rings. The maximum absolute atomic E-state index is 12.1. The van der Waals surface area contributed by atoms with E-state index < -0.39 is 10.8 Å². The van der Waals surface area contributed by atoms with E-state index in [1.165, 1.54) is 0 Å². The highest BCUT2D eigenvalue weighted by molar-refractivity contribution is 14.0. The van der Waals surface area contributed by atoms with Gasteiger partial charge in [-0.1, -0.05) is 26.3 Å². The minimum atomic E-state index is -0.710. The Morgan fingerprint density at radius 2 is 2.19 bits per heavy atom. The molecule has 1 heterocycles. The number of halogens is 1. The topological polar surface area (TPSA) is 75.6 Å². The predicted octanol–water partition coefficient (Wildman–Crippen LogP) is 3.23. The van der Waals surface area contributed by atoms with Crippen molar-refractivity contribution >= 4 is 40.7 Å². The second-order valence-corrected chi connectivity index (χ2v) is 8.58. The Morgan fingerprint density at radius 3 is 2.81 bits per heavy atom. The third kappa shape index (κ3) is 8.33. The molecule has 27 heavy (non-hydrogen) atoms. The lowest BCUT2D eigenvalue weighted by Crippen LogP contribution is -2.46. The zero-order chi connectivity index (χ0) is 18.8. The Kier molecular flexibility index (Phi) is 11.9. The molecule has 0 aliphatic heterocycles. The predicted molar refractivity (Wildman–Crippen MR) is 123 cm³/mol. The number of aromatic nitrogens is 1. The number of hydrogen-bond acceptors (Lipinski definition) is 4. The normalized spacial score (nSPS) is 21.1. The van der Waals surface area contributed by atoms with Crippen LogP contribution in [-0.2, 0) is 17.3 Å². The lowest BCUT2D eigenvalue weighted by Gasteiger charge is -2.30. The van der Waals surface area contributed by atoms with Gasteiger partial charge >= 0.3 is 0 Å². The Morgan fingerprint density at radius 1 is 1.37 bits per heavy atom. The van der Waals surface area contributed by atoms with Gasteiger partial charge in [-0.05, 0) is 31.2 Å². The first kappa shape index (κ1) is 24.1. The van der Waals surface area contributed by atoms with Gasteiger partial charge in [0.25, 0.3) is 0 Å². The van der Waals surface area contributed by atoms with Gasteiger partial charge in [0.2, 0.25) is 5.88 Å². The fourth-order valence-corrected chi connectivity index (χ4v) is 4.48. The second-order valence-electron chi connectivity index (χ2n) is 6.58. The zero-order valence-electron chi connectivity index (χ0n) is 16.6. The Labute approximate surface area is 182 Å². The quantitative estimate of drug-likeness (QED) is 0.321. The summed E-state index contributed by atoms with van der Waals surface area (Å²) in [5.74, 6) is 2.19. The third-order valence-electron chi connectivity index (χ3n) is 4.56. The number of nitrogens with one attached hydrogen (secondary N) is 2. The number of ether oxygens (including phenoxy) is 1. The number of nitrogens with zero attached hydrogens (tertiary/aromatic N) is 2. The molecule has 1 fully saturated rings. The molecule has 8 heteroatoms. The molecule has 3 unspecified atom stereocenters. The molecule has 6 nitrogen and oxygen atoms in total. The van der Waals surface area contributed by atoms with Crippen LogP contribution in [-0.4, -0.2) is 45.9 Å². The lowest BCUT2D eigenvalue weighted by atomic mass is 9.95. The van der Waals surface area contributed by atoms with Crippen molar-refractivity contribution in [2.75, 3.05) is 19.4 Å². The van der Waals surface area contributed by atoms with E-state index in [2.05, 4.69) is 27.5 Å². The first-order valence-corrected chi connectivity index (χ1v) is 11.0. The van der Waals surface area contributed by atoms with Crippen LogP contribution >= 0.6 is 24.0 Å². The van der Waals surface area contributed by atoms with Gasteiger partial charge in [0.05, 0.1) is 6.61 Å². The highest BCUT2D eigenvalue weighted by atomic mass is 127. The fourth-order valence-electron chi connectivity index (χ4n) is 3.13. The molecular formula is C19H33IN4O2S. The number of aliphatic imine (C=N–C) groups is 1. The molecule has 0 amide bonds. The van der Waals surface area contributed by atoms with Crippen LogP contribution in [0.2, 0.25) is 0 Å². The number of hydrogen-bond donors (Lipinski definition) is 2. The van der Waals surface area contributed by atoms with E-state index >= 15 is 0 Å². The zero-order valence-corrected chi connectivity index (χ0v) is 19.7. The van der Waals surface area contributed by atoms with E-state index in [-0.39, 0.29) is 24.0 Å². The largest absolute Gasteiger partial charge is 0.478 e. The van der Waals surface area contributed by atoms with Gasteiger partial charge in [-0.15, -0.1) is 24.0 Å². The van der Waals surface area contributed by atoms with Crippen LogP contribution in [0.3, 0.4) is 0 Å². The van der Waals surface area contributed by atoms with Crippen molar-refractivity contribution in [1.82, 2.24) is 15.6 Å². The van der Waals surface area contributed by atoms with Crippen molar-refractivity contribution in [3.05, 3.63) is 23.9 Å². The average molecular weight is 508 g/mol. The van der Waals surface area contributed by atoms with Crippen LogP contribution < -0.4 is 15.4 Å². The van der Waals surface area contributed by atoms with Crippen LogP contribution in [0.25, 0.3) is 0 Å². The van der Waals surface area contributed by atoms with E-state index in [9.17, 15) is 4.21 Å². The smallest absolute Gasteiger partial charge is 0.213 e. The van der Waals surface area contributed by atoms with Crippen molar-refractivity contribution in [3.8, 4) is 5.88 Å². The van der Waals surface area contributed by atoms with Gasteiger partial charge < -0.3 is 15.4 Å². The summed E-state index contributed by atoms with van der Waals surface area (Å²) in [5, 5.41) is 7.13. The van der Waals surface area contributed by atoms with Crippen molar-refractivity contribution < 1.29 is 8.95 Å². The Balaban J connectivity index is 0.00000364. The SMILES string of the molecule is CCCOc1ccc(CNC(=NC)NC2CCCC(S(=O)CC)C2)cn1.I. The van der Waals surface area contributed by atoms with Gasteiger partial charge in [-0.3, -0.25) is 9.20 Å². The minimum absolute atomic E-state index is 0. The molecule has 2 rings (SSSR count). The van der Waals surface area contributed by atoms with Gasteiger partial charge in [0.1, 0.15) is 0 Å². The molecule has 0 radical (unpaired) electrons. The first-order valence-electron chi connectivity index (χ1n) is 9.58. The van der Waals surface area contributed by atoms with Crippen molar-refractivity contribution in [2.24, 2.45) is 4.99 Å². The van der Waals surface area contributed by atoms with Gasteiger partial charge in [0, 0.05) is 53.7 Å². The van der Waals surface area contributed by atoms with Gasteiger partial charge in [-0.2, -0.15) is 0 Å². The monoisotopic (exact) mass is 508 g/mol. The molecule has 1 saturated carbocycles. The Hall–Kier alpha value is -0.900. The number of guanidine groups is 1. The Bertz CT molecular complexity index is 598. The second kappa shape index (κ2) is 13.3. The third-order valence-corrected chi connectivity index (χ3v) is 6.30. The maximum atomic E-state index is 12.1. The summed E-state index contributed by atoms with van der Waals surface area (Å²) in [4.78, 5) is 8.64. The summed E-state index contributed by atoms with van der Waals surface area (Å²) in [6, 6.07) is 4.24. The molecule has 0 bridgehead atoms. The summed E-state index contributed by atoms with van der Waals surface area (Å²) >= 11 is 0. The first-order chi connectivity index (χ1) is 12.7. The number of rotatable bonds is 8. The van der Waals surface area contributed by atoms with E-state index in [0.717, 1.165) is 49.4 Å². The fraction of sp³-hybridized carbons (Fsp3) is 0.684. The molecule has 0 aromatic carbocycles. The summed E-state index contributed by atoms with van der Waals surface area (Å²) in [7, 11) is 1.07. The summed E-state index contributed by atoms with van der Waals surface area (Å²) < 4.78 is 17.6. The van der Waals surface area contributed by atoms with E-state index in [0.29, 0.717) is 30.3 Å². The van der Waals surface area contributed by atoms with E-state index in [1.54, 1.807) is 7.05 Å². The van der Waals surface area contributed by atoms with Crippen molar-refractivity contribution in [3.63, 3.8) is 0 Å². The maximum Gasteiger partial charge on any atom is 0.213 e. The summed E-state index contributed by atoms with van der Waals surface area (Å²) in [6.45, 7) is 5.41. The summed E-state index contributed by atoms with van der Waals surface area (Å²) in [5.41, 5.74) is 1.07. The minimum Gasteiger partial charge on any atom is -0.478 e. The molecule has 2 N–H and O–H groups in total. The molecule has 1 aliphatic carbocycles. The van der Waals surface area contributed by atoms with Crippen LogP contribution in [0, 0.1) is 0 Å². The molecule has 1 aromatic rings. The molecule has 3 atom stereocenters. The number of pyridine rings is 1. The highest BCUT2D eigenvalue weighted by Gasteiger charge is 2.25. The average Bonchev–Trinajstić information content (AvgIpc) is 2.69. The van der Waals surface area contributed by atoms with Gasteiger partial charge in [-0.25, -0.2) is 4.98 Å². The van der Waals surface area contributed by atoms with Crippen LogP contribution in [0.5, 0.6) is 5.88 Å². The van der Waals surface area contributed by atoms with Crippen LogP contribution in [0.1, 0.15) is 51.5 Å². The van der Waals surface area contributed by atoms with Crippen LogP contribution in [0.4, 0.5) is 0 Å². The molecule has 0 saturated heterocycles. The highest BCUT2D eigenvalue weighted by Crippen LogP contribution is 2.23. The van der Waals surface area contributed by atoms with Crippen molar-refractivity contribution in [2.45, 2.75) is 63.8 Å². The van der Waals surface area contributed by atoms with Gasteiger partial charge in [0.15, 0.2) is 5.96 Å². The molecule has 0 spiro atoms. The van der Waals surface area contributed by atoms with Crippen molar-refractivity contribution in [1.29, 1.82) is 0 Å². The standard InChI is InChI=1S/C19H32N4O2S.HI/c1-4-11-25-18-10-9-15(13-21-18)14-22-19(20-3)23-16-7-6-8-17(12-16)26(24)5-2;/h9-10,13,16-17H,4-8,11-12,14H2,1-3H3,(H2,20,22,23);1H. The lowest BCUT2D eigenvalue weighted by molar-refractivity contribution is 0.305. The molecule has 154 valence electrons. The van der Waals surface area contributed by atoms with Crippen LogP contribution in [0.15, 0.2) is 23.3 Å². The molecular weight excluding hydrogens is 475 g/mol. The molecule has 1 aromatic heterocycles.